The van der Waals surface area contributed by atoms with Crippen LogP contribution in [0.15, 0.2) is 24.3 Å². The van der Waals surface area contributed by atoms with Gasteiger partial charge in [0.1, 0.15) is 0 Å². The van der Waals surface area contributed by atoms with E-state index in [0.717, 1.165) is 18.4 Å². The van der Waals surface area contributed by atoms with Crippen molar-refractivity contribution in [1.82, 2.24) is 0 Å². The predicted molar refractivity (Wildman–Crippen MR) is 57.6 cm³/mol. The van der Waals surface area contributed by atoms with Gasteiger partial charge in [-0.25, -0.2) is 0 Å². The van der Waals surface area contributed by atoms with Gasteiger partial charge in [0.05, 0.1) is 11.6 Å². The van der Waals surface area contributed by atoms with Crippen molar-refractivity contribution in [1.29, 1.82) is 5.26 Å². The van der Waals surface area contributed by atoms with Crippen LogP contribution in [0, 0.1) is 11.3 Å². The molecule has 0 heterocycles. The van der Waals surface area contributed by atoms with Gasteiger partial charge < -0.3 is 5.73 Å². The Balaban J connectivity index is 2.63. The molecule has 2 nitrogen and oxygen atoms in total. The smallest absolute Gasteiger partial charge is 0.0991 e. The van der Waals surface area contributed by atoms with Gasteiger partial charge in [-0.1, -0.05) is 31.9 Å². The molecule has 0 aliphatic carbocycles. The Bertz CT molecular complexity index is 308. The van der Waals surface area contributed by atoms with Crippen LogP contribution in [-0.2, 0) is 0 Å². The zero-order chi connectivity index (χ0) is 10.4. The number of rotatable bonds is 4. The maximum Gasteiger partial charge on any atom is 0.0991 e. The summed E-state index contributed by atoms with van der Waals surface area (Å²) in [5.74, 6) is 0. The average Bonchev–Trinajstić information content (AvgIpc) is 2.26. The molecule has 0 spiro atoms. The predicted octanol–water partition coefficient (Wildman–Crippen LogP) is 2.75. The molecular weight excluding hydrogens is 172 g/mol. The fourth-order valence-corrected chi connectivity index (χ4v) is 1.40. The minimum atomic E-state index is 0.114. The van der Waals surface area contributed by atoms with Crippen LogP contribution < -0.4 is 5.73 Å². The second kappa shape index (κ2) is 5.41. The fraction of sp³-hybridized carbons (Fsp3) is 0.417. The Morgan fingerprint density at radius 1 is 1.36 bits per heavy atom. The van der Waals surface area contributed by atoms with E-state index in [1.807, 2.05) is 24.3 Å². The van der Waals surface area contributed by atoms with Gasteiger partial charge in [0.2, 0.25) is 0 Å². The molecule has 0 aliphatic rings. The van der Waals surface area contributed by atoms with Crippen LogP contribution in [0.1, 0.15) is 43.4 Å². The first kappa shape index (κ1) is 10.7. The third-order valence-electron chi connectivity index (χ3n) is 2.34. The third-order valence-corrected chi connectivity index (χ3v) is 2.34. The lowest BCUT2D eigenvalue weighted by Gasteiger charge is -2.10. The summed E-state index contributed by atoms with van der Waals surface area (Å²) in [7, 11) is 0. The fourth-order valence-electron chi connectivity index (χ4n) is 1.40. The molecule has 1 unspecified atom stereocenters. The van der Waals surface area contributed by atoms with Gasteiger partial charge in [-0.15, -0.1) is 0 Å². The van der Waals surface area contributed by atoms with E-state index >= 15 is 0 Å². The van der Waals surface area contributed by atoms with Crippen molar-refractivity contribution >= 4 is 0 Å². The number of hydrogen-bond donors (Lipinski definition) is 1. The van der Waals surface area contributed by atoms with Crippen molar-refractivity contribution in [3.05, 3.63) is 35.4 Å². The summed E-state index contributed by atoms with van der Waals surface area (Å²) in [6.45, 7) is 2.16. The number of nitriles is 1. The highest BCUT2D eigenvalue weighted by molar-refractivity contribution is 5.32. The summed E-state index contributed by atoms with van der Waals surface area (Å²) >= 11 is 0. The van der Waals surface area contributed by atoms with Crippen molar-refractivity contribution in [3.8, 4) is 6.07 Å². The van der Waals surface area contributed by atoms with Gasteiger partial charge in [0, 0.05) is 6.04 Å². The van der Waals surface area contributed by atoms with E-state index in [-0.39, 0.29) is 6.04 Å². The first-order valence-corrected chi connectivity index (χ1v) is 5.03. The second-order valence-corrected chi connectivity index (χ2v) is 3.48. The molecule has 2 heteroatoms. The topological polar surface area (TPSA) is 49.8 Å². The largest absolute Gasteiger partial charge is 0.324 e. The summed E-state index contributed by atoms with van der Waals surface area (Å²) in [6, 6.07) is 9.74. The maximum absolute atomic E-state index is 8.63. The molecule has 0 aromatic heterocycles. The van der Waals surface area contributed by atoms with Crippen LogP contribution in [0.2, 0.25) is 0 Å². The van der Waals surface area contributed by atoms with Gasteiger partial charge in [-0.3, -0.25) is 0 Å². The summed E-state index contributed by atoms with van der Waals surface area (Å²) in [5.41, 5.74) is 7.80. The van der Waals surface area contributed by atoms with E-state index in [9.17, 15) is 0 Å². The molecule has 74 valence electrons. The zero-order valence-corrected chi connectivity index (χ0v) is 8.53. The molecular formula is C12H16N2. The number of nitrogens with two attached hydrogens (primary N) is 1. The van der Waals surface area contributed by atoms with E-state index in [0.29, 0.717) is 5.56 Å². The molecule has 1 rings (SSSR count). The highest BCUT2D eigenvalue weighted by Gasteiger charge is 2.04. The molecule has 2 N–H and O–H groups in total. The monoisotopic (exact) mass is 188 g/mol. The first-order valence-electron chi connectivity index (χ1n) is 5.03. The summed E-state index contributed by atoms with van der Waals surface area (Å²) in [4.78, 5) is 0. The molecule has 14 heavy (non-hydrogen) atoms. The summed E-state index contributed by atoms with van der Waals surface area (Å²) < 4.78 is 0. The lowest BCUT2D eigenvalue weighted by molar-refractivity contribution is 0.603. The highest BCUT2D eigenvalue weighted by atomic mass is 14.6. The summed E-state index contributed by atoms with van der Waals surface area (Å²) in [6.07, 6.45) is 3.34. The standard InChI is InChI=1S/C12H16N2/c1-2-3-4-12(14)11-7-5-10(9-13)6-8-11/h5-8,12H,2-4,14H2,1H3. The Kier molecular flexibility index (Phi) is 4.15. The lowest BCUT2D eigenvalue weighted by atomic mass is 10.0. The van der Waals surface area contributed by atoms with E-state index in [4.69, 9.17) is 11.0 Å². The molecule has 0 fully saturated rings. The Morgan fingerprint density at radius 3 is 2.50 bits per heavy atom. The third kappa shape index (κ3) is 2.86. The highest BCUT2D eigenvalue weighted by Crippen LogP contribution is 2.16. The zero-order valence-electron chi connectivity index (χ0n) is 8.53. The quantitative estimate of drug-likeness (QED) is 0.789. The SMILES string of the molecule is CCCCC(N)c1ccc(C#N)cc1. The van der Waals surface area contributed by atoms with Gasteiger partial charge in [-0.2, -0.15) is 5.26 Å². The van der Waals surface area contributed by atoms with Crippen LogP contribution in [0.4, 0.5) is 0 Å². The van der Waals surface area contributed by atoms with Gasteiger partial charge in [-0.05, 0) is 24.1 Å². The molecule has 1 atom stereocenters. The summed E-state index contributed by atoms with van der Waals surface area (Å²) in [5, 5.41) is 8.63. The van der Waals surface area contributed by atoms with Crippen LogP contribution in [0.25, 0.3) is 0 Å². The van der Waals surface area contributed by atoms with E-state index in [1.165, 1.54) is 6.42 Å². The van der Waals surface area contributed by atoms with E-state index < -0.39 is 0 Å². The van der Waals surface area contributed by atoms with Crippen LogP contribution in [-0.4, -0.2) is 0 Å². The Labute approximate surface area is 85.4 Å². The lowest BCUT2D eigenvalue weighted by Crippen LogP contribution is -2.09. The average molecular weight is 188 g/mol. The molecule has 0 saturated heterocycles. The van der Waals surface area contributed by atoms with Crippen molar-refractivity contribution in [2.45, 2.75) is 32.2 Å². The second-order valence-electron chi connectivity index (χ2n) is 3.48. The molecule has 1 aromatic rings. The van der Waals surface area contributed by atoms with E-state index in [1.54, 1.807) is 0 Å². The van der Waals surface area contributed by atoms with Gasteiger partial charge in [0.25, 0.3) is 0 Å². The Hall–Kier alpha value is -1.33. The van der Waals surface area contributed by atoms with Crippen molar-refractivity contribution < 1.29 is 0 Å². The van der Waals surface area contributed by atoms with Gasteiger partial charge >= 0.3 is 0 Å². The van der Waals surface area contributed by atoms with Gasteiger partial charge in [0.15, 0.2) is 0 Å². The number of unbranched alkanes of at least 4 members (excludes halogenated alkanes) is 1. The molecule has 0 radical (unpaired) electrons. The number of nitrogens with zero attached hydrogens (tertiary/aromatic N) is 1. The number of benzene rings is 1. The van der Waals surface area contributed by atoms with Crippen LogP contribution >= 0.6 is 0 Å². The molecule has 1 aromatic carbocycles. The van der Waals surface area contributed by atoms with Crippen molar-refractivity contribution in [3.63, 3.8) is 0 Å². The van der Waals surface area contributed by atoms with Crippen molar-refractivity contribution in [2.24, 2.45) is 5.73 Å². The normalized spacial score (nSPS) is 12.1. The first-order chi connectivity index (χ1) is 6.77. The van der Waals surface area contributed by atoms with Crippen molar-refractivity contribution in [2.75, 3.05) is 0 Å². The molecule has 0 amide bonds. The molecule has 0 bridgehead atoms. The minimum absolute atomic E-state index is 0.114. The molecule has 0 aliphatic heterocycles. The Morgan fingerprint density at radius 2 is 2.00 bits per heavy atom. The number of hydrogen-bond acceptors (Lipinski definition) is 2. The molecule has 0 saturated carbocycles. The van der Waals surface area contributed by atoms with Crippen LogP contribution in [0.3, 0.4) is 0 Å². The van der Waals surface area contributed by atoms with Crippen LogP contribution in [0.5, 0.6) is 0 Å². The minimum Gasteiger partial charge on any atom is -0.324 e. The maximum atomic E-state index is 8.63. The van der Waals surface area contributed by atoms with E-state index in [2.05, 4.69) is 13.0 Å².